The van der Waals surface area contributed by atoms with E-state index >= 15 is 0 Å². The van der Waals surface area contributed by atoms with Gasteiger partial charge >= 0.3 is 0 Å². The summed E-state index contributed by atoms with van der Waals surface area (Å²) in [6.07, 6.45) is 8.03. The third-order valence-electron chi connectivity index (χ3n) is 4.64. The van der Waals surface area contributed by atoms with Gasteiger partial charge in [0.1, 0.15) is 5.02 Å². The van der Waals surface area contributed by atoms with E-state index in [1.54, 1.807) is 12.3 Å². The van der Waals surface area contributed by atoms with E-state index in [0.717, 1.165) is 18.5 Å². The second-order valence-electron chi connectivity index (χ2n) is 5.99. The molecule has 0 aliphatic carbocycles. The van der Waals surface area contributed by atoms with Crippen LogP contribution in [0.1, 0.15) is 25.7 Å². The number of fused-ring (bicyclic) bond motifs is 2. The lowest BCUT2D eigenvalue weighted by Crippen LogP contribution is -2.47. The molecular formula is C15H21ClN4O. The molecule has 1 aromatic rings. The van der Waals surface area contributed by atoms with Crippen LogP contribution in [0.5, 0.6) is 0 Å². The number of halogens is 1. The molecule has 2 unspecified atom stereocenters. The minimum absolute atomic E-state index is 0.250. The van der Waals surface area contributed by atoms with Gasteiger partial charge < -0.3 is 10.2 Å². The Kier molecular flexibility index (Phi) is 4.04. The number of anilines is 1. The summed E-state index contributed by atoms with van der Waals surface area (Å²) in [5.41, 5.74) is 0.478. The number of nitrogens with one attached hydrogen (secondary N) is 1. The fourth-order valence-corrected chi connectivity index (χ4v) is 3.77. The van der Waals surface area contributed by atoms with Crippen molar-refractivity contribution < 1.29 is 0 Å². The first kappa shape index (κ1) is 14.6. The van der Waals surface area contributed by atoms with Crippen LogP contribution in [0.3, 0.4) is 0 Å². The standard InChI is InChI=1S/C15H21ClN4O/c1-3-6-20-15(21)14(16)13(9-17-20)19(2)12-7-10-4-5-11(8-12)18-10/h3,9-12,18H,1,4-8H2,2H3. The second kappa shape index (κ2) is 5.81. The van der Waals surface area contributed by atoms with Crippen molar-refractivity contribution in [2.24, 2.45) is 0 Å². The van der Waals surface area contributed by atoms with Gasteiger partial charge in [-0.05, 0) is 25.7 Å². The molecule has 6 heteroatoms. The number of nitrogens with zero attached hydrogens (tertiary/aromatic N) is 3. The van der Waals surface area contributed by atoms with E-state index in [0.29, 0.717) is 24.7 Å². The van der Waals surface area contributed by atoms with Gasteiger partial charge in [-0.15, -0.1) is 6.58 Å². The maximum atomic E-state index is 12.2. The molecule has 5 nitrogen and oxygen atoms in total. The first-order valence-corrected chi connectivity index (χ1v) is 7.83. The van der Waals surface area contributed by atoms with Crippen molar-refractivity contribution in [1.29, 1.82) is 0 Å². The zero-order valence-electron chi connectivity index (χ0n) is 12.3. The Morgan fingerprint density at radius 1 is 1.52 bits per heavy atom. The summed E-state index contributed by atoms with van der Waals surface area (Å²) in [5.74, 6) is 0. The fourth-order valence-electron chi connectivity index (χ4n) is 3.49. The van der Waals surface area contributed by atoms with E-state index in [-0.39, 0.29) is 10.6 Å². The van der Waals surface area contributed by atoms with Crippen LogP contribution < -0.4 is 15.8 Å². The third kappa shape index (κ3) is 2.72. The fraction of sp³-hybridized carbons (Fsp3) is 0.600. The molecule has 0 saturated carbocycles. The summed E-state index contributed by atoms with van der Waals surface area (Å²) in [5, 5.41) is 8.07. The first-order valence-electron chi connectivity index (χ1n) is 7.45. The highest BCUT2D eigenvalue weighted by atomic mass is 35.5. The van der Waals surface area contributed by atoms with Gasteiger partial charge in [0.2, 0.25) is 0 Å². The van der Waals surface area contributed by atoms with Gasteiger partial charge in [-0.2, -0.15) is 5.10 Å². The summed E-state index contributed by atoms with van der Waals surface area (Å²) in [6.45, 7) is 4.00. The van der Waals surface area contributed by atoms with Gasteiger partial charge in [0.05, 0.1) is 18.4 Å². The van der Waals surface area contributed by atoms with Crippen molar-refractivity contribution in [3.63, 3.8) is 0 Å². The lowest BCUT2D eigenvalue weighted by molar-refractivity contribution is 0.354. The summed E-state index contributed by atoms with van der Waals surface area (Å²) < 4.78 is 1.33. The topological polar surface area (TPSA) is 50.2 Å². The summed E-state index contributed by atoms with van der Waals surface area (Å²) in [4.78, 5) is 14.3. The molecule has 0 spiro atoms. The van der Waals surface area contributed by atoms with Gasteiger partial charge in [-0.1, -0.05) is 17.7 Å². The normalized spacial score (nSPS) is 27.6. The van der Waals surface area contributed by atoms with Crippen molar-refractivity contribution >= 4 is 17.3 Å². The molecule has 0 aromatic carbocycles. The van der Waals surface area contributed by atoms with Crippen molar-refractivity contribution in [2.45, 2.75) is 50.4 Å². The van der Waals surface area contributed by atoms with E-state index in [4.69, 9.17) is 11.6 Å². The minimum atomic E-state index is -0.252. The molecule has 3 heterocycles. The predicted octanol–water partition coefficient (Wildman–Crippen LogP) is 1.80. The Labute approximate surface area is 129 Å². The van der Waals surface area contributed by atoms with Crippen molar-refractivity contribution in [3.05, 3.63) is 34.2 Å². The zero-order valence-corrected chi connectivity index (χ0v) is 13.0. The van der Waals surface area contributed by atoms with Crippen LogP contribution in [0.2, 0.25) is 5.02 Å². The smallest absolute Gasteiger partial charge is 0.287 e. The predicted molar refractivity (Wildman–Crippen MR) is 85.1 cm³/mol. The molecule has 1 N–H and O–H groups in total. The van der Waals surface area contributed by atoms with Crippen LogP contribution in [0.15, 0.2) is 23.6 Å². The van der Waals surface area contributed by atoms with Crippen LogP contribution in [-0.2, 0) is 6.54 Å². The molecule has 3 rings (SSSR count). The highest BCUT2D eigenvalue weighted by molar-refractivity contribution is 6.33. The molecule has 2 aliphatic heterocycles. The molecule has 2 aliphatic rings. The molecule has 114 valence electrons. The third-order valence-corrected chi connectivity index (χ3v) is 5.00. The van der Waals surface area contributed by atoms with Crippen LogP contribution in [0.25, 0.3) is 0 Å². The second-order valence-corrected chi connectivity index (χ2v) is 6.37. The molecule has 2 atom stereocenters. The highest BCUT2D eigenvalue weighted by Gasteiger charge is 2.35. The first-order chi connectivity index (χ1) is 10.1. The van der Waals surface area contributed by atoms with Gasteiger partial charge in [-0.25, -0.2) is 4.68 Å². The molecule has 2 fully saturated rings. The zero-order chi connectivity index (χ0) is 15.0. The molecular weight excluding hydrogens is 288 g/mol. The summed E-state index contributed by atoms with van der Waals surface area (Å²) in [7, 11) is 2.01. The highest BCUT2D eigenvalue weighted by Crippen LogP contribution is 2.32. The van der Waals surface area contributed by atoms with Crippen LogP contribution in [-0.4, -0.2) is 35.0 Å². The number of aromatic nitrogens is 2. The number of hydrogen-bond acceptors (Lipinski definition) is 4. The van der Waals surface area contributed by atoms with Crippen molar-refractivity contribution in [2.75, 3.05) is 11.9 Å². The number of rotatable bonds is 4. The van der Waals surface area contributed by atoms with E-state index in [2.05, 4.69) is 21.9 Å². The summed E-state index contributed by atoms with van der Waals surface area (Å²) in [6, 6.07) is 1.62. The average molecular weight is 309 g/mol. The number of hydrogen-bond donors (Lipinski definition) is 1. The van der Waals surface area contributed by atoms with E-state index in [9.17, 15) is 4.79 Å². The quantitative estimate of drug-likeness (QED) is 0.862. The SMILES string of the molecule is C=CCn1ncc(N(C)C2CC3CCC(C2)N3)c(Cl)c1=O. The van der Waals surface area contributed by atoms with Gasteiger partial charge in [0, 0.05) is 25.2 Å². The van der Waals surface area contributed by atoms with Gasteiger partial charge in [-0.3, -0.25) is 4.79 Å². The van der Waals surface area contributed by atoms with E-state index in [1.165, 1.54) is 17.5 Å². The van der Waals surface area contributed by atoms with Crippen LogP contribution >= 0.6 is 11.6 Å². The molecule has 2 saturated heterocycles. The lowest BCUT2D eigenvalue weighted by Gasteiger charge is -2.37. The Morgan fingerprint density at radius 2 is 2.19 bits per heavy atom. The monoisotopic (exact) mass is 308 g/mol. The Balaban J connectivity index is 1.84. The minimum Gasteiger partial charge on any atom is -0.369 e. The lowest BCUT2D eigenvalue weighted by atomic mass is 9.98. The van der Waals surface area contributed by atoms with Crippen LogP contribution in [0, 0.1) is 0 Å². The Hall–Kier alpha value is -1.33. The summed E-state index contributed by atoms with van der Waals surface area (Å²) >= 11 is 6.27. The molecule has 0 amide bonds. The number of allylic oxidation sites excluding steroid dienone is 1. The van der Waals surface area contributed by atoms with Gasteiger partial charge in [0.25, 0.3) is 5.56 Å². The van der Waals surface area contributed by atoms with E-state index < -0.39 is 0 Å². The Bertz CT molecular complexity index is 588. The molecule has 21 heavy (non-hydrogen) atoms. The van der Waals surface area contributed by atoms with Crippen LogP contribution in [0.4, 0.5) is 5.69 Å². The van der Waals surface area contributed by atoms with Gasteiger partial charge in [0.15, 0.2) is 0 Å². The maximum Gasteiger partial charge on any atom is 0.287 e. The maximum absolute atomic E-state index is 12.2. The molecule has 0 radical (unpaired) electrons. The van der Waals surface area contributed by atoms with Crippen molar-refractivity contribution in [3.8, 4) is 0 Å². The molecule has 1 aromatic heterocycles. The van der Waals surface area contributed by atoms with E-state index in [1.807, 2.05) is 7.05 Å². The number of piperidine rings is 1. The van der Waals surface area contributed by atoms with Crippen molar-refractivity contribution in [1.82, 2.24) is 15.1 Å². The molecule has 2 bridgehead atoms. The average Bonchev–Trinajstić information content (AvgIpc) is 2.82. The Morgan fingerprint density at radius 3 is 2.81 bits per heavy atom. The largest absolute Gasteiger partial charge is 0.369 e.